The molecule has 0 saturated carbocycles. The van der Waals surface area contributed by atoms with E-state index in [2.05, 4.69) is 15.1 Å². The van der Waals surface area contributed by atoms with Gasteiger partial charge in [0.1, 0.15) is 6.54 Å². The first-order valence-corrected chi connectivity index (χ1v) is 8.97. The number of rotatable bonds is 5. The van der Waals surface area contributed by atoms with Gasteiger partial charge in [0.15, 0.2) is 0 Å². The lowest BCUT2D eigenvalue weighted by molar-refractivity contribution is -0.121. The molecule has 0 spiro atoms. The summed E-state index contributed by atoms with van der Waals surface area (Å²) in [5.74, 6) is -0.181. The first-order valence-electron chi connectivity index (χ1n) is 7.49. The summed E-state index contributed by atoms with van der Waals surface area (Å²) in [6.45, 7) is 5.43. The van der Waals surface area contributed by atoms with Gasteiger partial charge in [-0.25, -0.2) is 13.1 Å². The van der Waals surface area contributed by atoms with E-state index in [0.29, 0.717) is 11.1 Å². The van der Waals surface area contributed by atoms with Crippen molar-refractivity contribution >= 4 is 15.9 Å². The van der Waals surface area contributed by atoms with Crippen molar-refractivity contribution in [2.75, 3.05) is 7.05 Å². The average Bonchev–Trinajstić information content (AvgIpc) is 2.93. The number of nitrogens with zero attached hydrogens (tertiary/aromatic N) is 2. The van der Waals surface area contributed by atoms with Crippen LogP contribution in [-0.4, -0.2) is 36.7 Å². The molecule has 0 aliphatic heterocycles. The van der Waals surface area contributed by atoms with E-state index in [9.17, 15) is 13.2 Å². The first kappa shape index (κ1) is 18.2. The van der Waals surface area contributed by atoms with Crippen LogP contribution in [0.15, 0.2) is 41.6 Å². The van der Waals surface area contributed by atoms with Crippen LogP contribution in [0.1, 0.15) is 20.8 Å². The number of benzene rings is 1. The number of hydrogen-bond donors (Lipinski definition) is 2. The maximum Gasteiger partial charge on any atom is 0.241 e. The van der Waals surface area contributed by atoms with E-state index >= 15 is 0 Å². The quantitative estimate of drug-likeness (QED) is 0.852. The summed E-state index contributed by atoms with van der Waals surface area (Å²) in [6, 6.07) is 6.72. The van der Waals surface area contributed by atoms with Gasteiger partial charge in [-0.2, -0.15) is 5.10 Å². The number of carbonyl (C=O) groups is 1. The van der Waals surface area contributed by atoms with Crippen LogP contribution in [0.2, 0.25) is 0 Å². The van der Waals surface area contributed by atoms with Gasteiger partial charge in [0.05, 0.1) is 11.1 Å². The van der Waals surface area contributed by atoms with Crippen LogP contribution in [0.5, 0.6) is 0 Å². The summed E-state index contributed by atoms with van der Waals surface area (Å²) in [7, 11) is -2.13. The van der Waals surface area contributed by atoms with Crippen LogP contribution in [0, 0.1) is 0 Å². The Morgan fingerprint density at radius 3 is 2.54 bits per heavy atom. The van der Waals surface area contributed by atoms with Crippen molar-refractivity contribution in [1.82, 2.24) is 19.8 Å². The highest BCUT2D eigenvalue weighted by Gasteiger charge is 2.25. The molecule has 0 unspecified atom stereocenters. The van der Waals surface area contributed by atoms with Crippen molar-refractivity contribution < 1.29 is 13.2 Å². The summed E-state index contributed by atoms with van der Waals surface area (Å²) >= 11 is 0. The van der Waals surface area contributed by atoms with E-state index < -0.39 is 15.6 Å². The summed E-state index contributed by atoms with van der Waals surface area (Å²) in [4.78, 5) is 11.6. The Kier molecular flexibility index (Phi) is 5.10. The Morgan fingerprint density at radius 1 is 1.25 bits per heavy atom. The summed E-state index contributed by atoms with van der Waals surface area (Å²) < 4.78 is 29.5. The molecule has 1 aromatic heterocycles. The zero-order chi connectivity index (χ0) is 18.0. The van der Waals surface area contributed by atoms with Gasteiger partial charge in [-0.15, -0.1) is 0 Å². The van der Waals surface area contributed by atoms with Crippen molar-refractivity contribution in [3.05, 3.63) is 36.7 Å². The van der Waals surface area contributed by atoms with E-state index in [1.807, 2.05) is 0 Å². The number of aromatic nitrogens is 2. The minimum absolute atomic E-state index is 0.0751. The third-order valence-corrected chi connectivity index (χ3v) is 4.96. The highest BCUT2D eigenvalue weighted by Crippen LogP contribution is 2.27. The normalized spacial score (nSPS) is 12.2. The fourth-order valence-electron chi connectivity index (χ4n) is 2.21. The molecule has 1 aromatic carbocycles. The number of sulfonamides is 1. The molecular formula is C16H22N4O3S. The molecule has 0 fully saturated rings. The second-order valence-electron chi connectivity index (χ2n) is 6.45. The maximum absolute atomic E-state index is 12.7. The molecule has 0 radical (unpaired) electrons. The third kappa shape index (κ3) is 4.42. The molecule has 130 valence electrons. The lowest BCUT2D eigenvalue weighted by Crippen LogP contribution is -2.40. The fraction of sp³-hybridized carbons (Fsp3) is 0.375. The number of hydrogen-bond acceptors (Lipinski definition) is 4. The van der Waals surface area contributed by atoms with Gasteiger partial charge < -0.3 is 5.32 Å². The predicted octanol–water partition coefficient (Wildman–Crippen LogP) is 1.37. The standard InChI is InChI=1S/C16H22N4O3S/c1-16(2,3)19-24(22,23)14-8-6-5-7-13(14)12-9-18-20(10-12)11-15(21)17-4/h5-10,19H,11H2,1-4H3,(H,17,21). The largest absolute Gasteiger partial charge is 0.358 e. The molecule has 2 aromatic rings. The van der Waals surface area contributed by atoms with Gasteiger partial charge in [0, 0.05) is 29.9 Å². The van der Waals surface area contributed by atoms with E-state index in [-0.39, 0.29) is 17.3 Å². The van der Waals surface area contributed by atoms with Crippen molar-refractivity contribution in [2.24, 2.45) is 0 Å². The first-order chi connectivity index (χ1) is 11.1. The van der Waals surface area contributed by atoms with E-state index in [4.69, 9.17) is 0 Å². The van der Waals surface area contributed by atoms with E-state index in [0.717, 1.165) is 0 Å². The Balaban J connectivity index is 2.41. The predicted molar refractivity (Wildman–Crippen MR) is 91.8 cm³/mol. The zero-order valence-corrected chi connectivity index (χ0v) is 15.0. The summed E-state index contributed by atoms with van der Waals surface area (Å²) in [6.07, 6.45) is 3.20. The van der Waals surface area contributed by atoms with Gasteiger partial charge in [-0.3, -0.25) is 9.48 Å². The van der Waals surface area contributed by atoms with Gasteiger partial charge in [-0.1, -0.05) is 18.2 Å². The molecule has 24 heavy (non-hydrogen) atoms. The van der Waals surface area contributed by atoms with Crippen LogP contribution in [0.4, 0.5) is 0 Å². The average molecular weight is 350 g/mol. The van der Waals surface area contributed by atoms with E-state index in [1.165, 1.54) is 4.68 Å². The van der Waals surface area contributed by atoms with Gasteiger partial charge >= 0.3 is 0 Å². The SMILES string of the molecule is CNC(=O)Cn1cc(-c2ccccc2S(=O)(=O)NC(C)(C)C)cn1. The molecule has 2 N–H and O–H groups in total. The van der Waals surface area contributed by atoms with Crippen LogP contribution in [-0.2, 0) is 21.4 Å². The maximum atomic E-state index is 12.7. The smallest absolute Gasteiger partial charge is 0.241 e. The highest BCUT2D eigenvalue weighted by atomic mass is 32.2. The molecule has 8 heteroatoms. The number of amides is 1. The minimum Gasteiger partial charge on any atom is -0.358 e. The lowest BCUT2D eigenvalue weighted by atomic mass is 10.1. The molecule has 1 heterocycles. The molecule has 0 atom stereocenters. The van der Waals surface area contributed by atoms with Crippen molar-refractivity contribution in [3.63, 3.8) is 0 Å². The molecule has 0 aliphatic carbocycles. The summed E-state index contributed by atoms with van der Waals surface area (Å²) in [5, 5.41) is 6.64. The second-order valence-corrected chi connectivity index (χ2v) is 8.10. The van der Waals surface area contributed by atoms with Crippen molar-refractivity contribution in [1.29, 1.82) is 0 Å². The lowest BCUT2D eigenvalue weighted by Gasteiger charge is -2.21. The zero-order valence-electron chi connectivity index (χ0n) is 14.2. The number of carbonyl (C=O) groups excluding carboxylic acids is 1. The fourth-order valence-corrected chi connectivity index (χ4v) is 3.86. The van der Waals surface area contributed by atoms with Crippen LogP contribution in [0.25, 0.3) is 11.1 Å². The number of nitrogens with one attached hydrogen (secondary N) is 2. The minimum atomic E-state index is -3.68. The topological polar surface area (TPSA) is 93.1 Å². The Morgan fingerprint density at radius 2 is 1.92 bits per heavy atom. The Bertz CT molecular complexity index is 835. The summed E-state index contributed by atoms with van der Waals surface area (Å²) in [5.41, 5.74) is 0.584. The van der Waals surface area contributed by atoms with Crippen LogP contribution in [0.3, 0.4) is 0 Å². The molecule has 0 aliphatic rings. The molecule has 1 amide bonds. The third-order valence-electron chi connectivity index (χ3n) is 3.15. The van der Waals surface area contributed by atoms with Crippen LogP contribution >= 0.6 is 0 Å². The Labute approximate surface area is 142 Å². The molecule has 2 rings (SSSR count). The van der Waals surface area contributed by atoms with Crippen molar-refractivity contribution in [3.8, 4) is 11.1 Å². The Hall–Kier alpha value is -2.19. The van der Waals surface area contributed by atoms with Gasteiger partial charge in [0.25, 0.3) is 0 Å². The monoisotopic (exact) mass is 350 g/mol. The van der Waals surface area contributed by atoms with Crippen molar-refractivity contribution in [2.45, 2.75) is 37.8 Å². The van der Waals surface area contributed by atoms with Gasteiger partial charge in [-0.05, 0) is 26.8 Å². The number of likely N-dealkylation sites (N-methyl/N-ethyl adjacent to an activating group) is 1. The van der Waals surface area contributed by atoms with E-state index in [1.54, 1.807) is 64.5 Å². The second kappa shape index (κ2) is 6.74. The van der Waals surface area contributed by atoms with Crippen LogP contribution < -0.4 is 10.0 Å². The highest BCUT2D eigenvalue weighted by molar-refractivity contribution is 7.89. The van der Waals surface area contributed by atoms with Gasteiger partial charge in [0.2, 0.25) is 15.9 Å². The molecular weight excluding hydrogens is 328 g/mol. The molecule has 0 bridgehead atoms. The molecule has 7 nitrogen and oxygen atoms in total. The molecule has 0 saturated heterocycles.